The number of ether oxygens (including phenoxy) is 2. The lowest BCUT2D eigenvalue weighted by molar-refractivity contribution is 0.0950. The fourth-order valence-corrected chi connectivity index (χ4v) is 2.28. The predicted octanol–water partition coefficient (Wildman–Crippen LogP) is 1.53. The summed E-state index contributed by atoms with van der Waals surface area (Å²) in [5, 5.41) is 14.2. The molecule has 0 aliphatic carbocycles. The number of anilines is 1. The molecule has 2 aromatic rings. The molecule has 2 N–H and O–H groups in total. The van der Waals surface area contributed by atoms with Crippen molar-refractivity contribution in [2.45, 2.75) is 6.54 Å². The van der Waals surface area contributed by atoms with Crippen molar-refractivity contribution in [1.82, 2.24) is 15.5 Å². The van der Waals surface area contributed by atoms with Gasteiger partial charge in [0.15, 0.2) is 11.5 Å². The summed E-state index contributed by atoms with van der Waals surface area (Å²) in [4.78, 5) is 11.9. The lowest BCUT2D eigenvalue weighted by Gasteiger charge is -2.09. The Morgan fingerprint density at radius 3 is 2.62 bits per heavy atom. The van der Waals surface area contributed by atoms with E-state index in [-0.39, 0.29) is 5.91 Å². The summed E-state index contributed by atoms with van der Waals surface area (Å²) in [7, 11) is 4.88. The molecule has 1 aromatic heterocycles. The molecule has 0 fully saturated rings. The molecule has 112 valence electrons. The van der Waals surface area contributed by atoms with Crippen LogP contribution in [0.25, 0.3) is 0 Å². The van der Waals surface area contributed by atoms with Gasteiger partial charge in [0.25, 0.3) is 5.91 Å². The second kappa shape index (κ2) is 6.89. The summed E-state index contributed by atoms with van der Waals surface area (Å²) in [6, 6.07) is 5.48. The Bertz CT molecular complexity index is 630. The molecule has 2 rings (SSSR count). The SMILES string of the molecule is CNc1nnc(C(=O)NCc2ccc(OC)c(OC)c2)s1. The number of rotatable bonds is 6. The highest BCUT2D eigenvalue weighted by atomic mass is 32.1. The van der Waals surface area contributed by atoms with Gasteiger partial charge >= 0.3 is 0 Å². The quantitative estimate of drug-likeness (QED) is 0.842. The van der Waals surface area contributed by atoms with Crippen LogP contribution in [0.4, 0.5) is 5.13 Å². The first-order valence-electron chi connectivity index (χ1n) is 6.18. The van der Waals surface area contributed by atoms with E-state index in [1.807, 2.05) is 12.1 Å². The van der Waals surface area contributed by atoms with E-state index in [1.165, 1.54) is 11.3 Å². The third kappa shape index (κ3) is 3.60. The van der Waals surface area contributed by atoms with Crippen LogP contribution in [0.2, 0.25) is 0 Å². The van der Waals surface area contributed by atoms with Crippen LogP contribution in [-0.4, -0.2) is 37.4 Å². The minimum atomic E-state index is -0.260. The molecule has 0 aliphatic heterocycles. The van der Waals surface area contributed by atoms with Crippen LogP contribution in [0.3, 0.4) is 0 Å². The number of aromatic nitrogens is 2. The Labute approximate surface area is 126 Å². The van der Waals surface area contributed by atoms with Crippen molar-refractivity contribution >= 4 is 22.4 Å². The second-order valence-corrected chi connectivity index (χ2v) is 5.01. The molecule has 0 aliphatic rings. The van der Waals surface area contributed by atoms with Crippen LogP contribution >= 0.6 is 11.3 Å². The summed E-state index contributed by atoms with van der Waals surface area (Å²) in [5.41, 5.74) is 0.902. The van der Waals surface area contributed by atoms with Crippen molar-refractivity contribution in [3.8, 4) is 11.5 Å². The molecule has 21 heavy (non-hydrogen) atoms. The molecule has 0 saturated heterocycles. The predicted molar refractivity (Wildman–Crippen MR) is 80.2 cm³/mol. The minimum Gasteiger partial charge on any atom is -0.493 e. The fraction of sp³-hybridized carbons (Fsp3) is 0.308. The zero-order valence-electron chi connectivity index (χ0n) is 12.0. The molecule has 0 saturated carbocycles. The fourth-order valence-electron chi connectivity index (χ4n) is 1.66. The second-order valence-electron chi connectivity index (χ2n) is 4.03. The van der Waals surface area contributed by atoms with E-state index in [4.69, 9.17) is 9.47 Å². The normalized spacial score (nSPS) is 10.0. The molecule has 1 aromatic carbocycles. The molecule has 0 atom stereocenters. The van der Waals surface area contributed by atoms with Gasteiger partial charge in [0.05, 0.1) is 14.2 Å². The molecule has 0 spiro atoms. The number of hydrogen-bond acceptors (Lipinski definition) is 7. The largest absolute Gasteiger partial charge is 0.493 e. The van der Waals surface area contributed by atoms with Crippen LogP contribution in [0.1, 0.15) is 15.4 Å². The van der Waals surface area contributed by atoms with Gasteiger partial charge in [-0.2, -0.15) is 0 Å². The van der Waals surface area contributed by atoms with E-state index in [9.17, 15) is 4.79 Å². The van der Waals surface area contributed by atoms with Gasteiger partial charge in [-0.15, -0.1) is 10.2 Å². The maximum atomic E-state index is 11.9. The summed E-state index contributed by atoms with van der Waals surface area (Å²) in [6.45, 7) is 0.369. The number of nitrogens with one attached hydrogen (secondary N) is 2. The summed E-state index contributed by atoms with van der Waals surface area (Å²) in [5.74, 6) is 1.01. The maximum absolute atomic E-state index is 11.9. The first-order valence-corrected chi connectivity index (χ1v) is 7.00. The number of carbonyl (C=O) groups excluding carboxylic acids is 1. The van der Waals surface area contributed by atoms with Crippen LogP contribution in [0.15, 0.2) is 18.2 Å². The van der Waals surface area contributed by atoms with E-state index in [1.54, 1.807) is 27.3 Å². The highest BCUT2D eigenvalue weighted by Crippen LogP contribution is 2.27. The number of carbonyl (C=O) groups is 1. The maximum Gasteiger partial charge on any atom is 0.282 e. The summed E-state index contributed by atoms with van der Waals surface area (Å²) in [6.07, 6.45) is 0. The first-order chi connectivity index (χ1) is 10.2. The Morgan fingerprint density at radius 1 is 1.24 bits per heavy atom. The lowest BCUT2D eigenvalue weighted by atomic mass is 10.2. The third-order valence-electron chi connectivity index (χ3n) is 2.73. The van der Waals surface area contributed by atoms with Crippen LogP contribution in [-0.2, 0) is 6.54 Å². The van der Waals surface area contributed by atoms with Gasteiger partial charge in [0.1, 0.15) is 0 Å². The Morgan fingerprint density at radius 2 is 2.00 bits per heavy atom. The van der Waals surface area contributed by atoms with E-state index in [0.717, 1.165) is 5.56 Å². The van der Waals surface area contributed by atoms with Crippen molar-refractivity contribution in [2.24, 2.45) is 0 Å². The van der Waals surface area contributed by atoms with Gasteiger partial charge in [-0.25, -0.2) is 0 Å². The zero-order valence-corrected chi connectivity index (χ0v) is 12.8. The van der Waals surface area contributed by atoms with Gasteiger partial charge in [-0.05, 0) is 17.7 Å². The third-order valence-corrected chi connectivity index (χ3v) is 3.67. The summed E-state index contributed by atoms with van der Waals surface area (Å²) >= 11 is 1.20. The molecule has 0 bridgehead atoms. The van der Waals surface area contributed by atoms with Gasteiger partial charge < -0.3 is 20.1 Å². The molecular weight excluding hydrogens is 292 g/mol. The smallest absolute Gasteiger partial charge is 0.282 e. The minimum absolute atomic E-state index is 0.260. The topological polar surface area (TPSA) is 85.4 Å². The Hall–Kier alpha value is -2.35. The van der Waals surface area contributed by atoms with E-state index >= 15 is 0 Å². The van der Waals surface area contributed by atoms with Crippen LogP contribution in [0.5, 0.6) is 11.5 Å². The van der Waals surface area contributed by atoms with Crippen molar-refractivity contribution in [2.75, 3.05) is 26.6 Å². The molecule has 0 unspecified atom stereocenters. The van der Waals surface area contributed by atoms with Gasteiger partial charge in [0.2, 0.25) is 10.1 Å². The number of methoxy groups -OCH3 is 2. The molecule has 0 radical (unpaired) electrons. The highest BCUT2D eigenvalue weighted by molar-refractivity contribution is 7.17. The number of benzene rings is 1. The molecular formula is C13H16N4O3S. The monoisotopic (exact) mass is 308 g/mol. The summed E-state index contributed by atoms with van der Waals surface area (Å²) < 4.78 is 10.4. The van der Waals surface area contributed by atoms with Crippen molar-refractivity contribution in [3.63, 3.8) is 0 Å². The van der Waals surface area contributed by atoms with Gasteiger partial charge in [0, 0.05) is 13.6 Å². The van der Waals surface area contributed by atoms with E-state index in [2.05, 4.69) is 20.8 Å². The van der Waals surface area contributed by atoms with Crippen LogP contribution in [0, 0.1) is 0 Å². The van der Waals surface area contributed by atoms with Crippen LogP contribution < -0.4 is 20.1 Å². The van der Waals surface area contributed by atoms with Crippen molar-refractivity contribution in [1.29, 1.82) is 0 Å². The van der Waals surface area contributed by atoms with E-state index < -0.39 is 0 Å². The number of amides is 1. The molecule has 1 amide bonds. The average Bonchev–Trinajstić information content (AvgIpc) is 3.01. The van der Waals surface area contributed by atoms with E-state index in [0.29, 0.717) is 28.2 Å². The number of nitrogens with zero attached hydrogens (tertiary/aromatic N) is 2. The van der Waals surface area contributed by atoms with Crippen molar-refractivity contribution in [3.05, 3.63) is 28.8 Å². The van der Waals surface area contributed by atoms with Gasteiger partial charge in [-0.3, -0.25) is 4.79 Å². The van der Waals surface area contributed by atoms with Crippen molar-refractivity contribution < 1.29 is 14.3 Å². The molecule has 8 heteroatoms. The Balaban J connectivity index is 2.00. The van der Waals surface area contributed by atoms with Gasteiger partial charge in [-0.1, -0.05) is 17.4 Å². The molecule has 1 heterocycles. The highest BCUT2D eigenvalue weighted by Gasteiger charge is 2.12. The first kappa shape index (κ1) is 15.0. The Kier molecular flexibility index (Phi) is 4.94. The lowest BCUT2D eigenvalue weighted by Crippen LogP contribution is -2.22. The zero-order chi connectivity index (χ0) is 15.2. The number of hydrogen-bond donors (Lipinski definition) is 2. The molecule has 7 nitrogen and oxygen atoms in total. The standard InChI is InChI=1S/C13H16N4O3S/c1-14-13-17-16-12(21-13)11(18)15-7-8-4-5-9(19-2)10(6-8)20-3/h4-6H,7H2,1-3H3,(H,14,17)(H,15,18). The average molecular weight is 308 g/mol.